The minimum absolute atomic E-state index is 0.0889. The fourth-order valence-electron chi connectivity index (χ4n) is 2.75. The quantitative estimate of drug-likeness (QED) is 0.927. The van der Waals surface area contributed by atoms with Gasteiger partial charge in [0.15, 0.2) is 6.04 Å². The van der Waals surface area contributed by atoms with E-state index in [-0.39, 0.29) is 6.42 Å². The van der Waals surface area contributed by atoms with E-state index in [0.717, 1.165) is 15.9 Å². The summed E-state index contributed by atoms with van der Waals surface area (Å²) in [5.41, 5.74) is 1.56. The number of anilines is 1. The fraction of sp³-hybridized carbons (Fsp3) is 0.538. The zero-order valence-electron chi connectivity index (χ0n) is 11.7. The lowest BCUT2D eigenvalue weighted by molar-refractivity contribution is -0.173. The van der Waals surface area contributed by atoms with Crippen molar-refractivity contribution < 1.29 is 13.2 Å². The van der Waals surface area contributed by atoms with Gasteiger partial charge in [-0.05, 0) is 13.8 Å². The molecule has 114 valence electrons. The number of rotatable bonds is 2. The fourth-order valence-corrected chi connectivity index (χ4v) is 2.75. The molecule has 0 saturated heterocycles. The van der Waals surface area contributed by atoms with E-state index in [1.807, 2.05) is 20.0 Å². The van der Waals surface area contributed by atoms with Crippen LogP contribution in [-0.4, -0.2) is 25.7 Å². The Balaban J connectivity index is 1.98. The molecule has 1 N–H and O–H groups in total. The molecule has 3 rings (SSSR count). The molecule has 2 aromatic rings. The van der Waals surface area contributed by atoms with Crippen LogP contribution in [0, 0.1) is 6.92 Å². The van der Waals surface area contributed by atoms with Gasteiger partial charge in [0.25, 0.3) is 0 Å². The summed E-state index contributed by atoms with van der Waals surface area (Å²) in [6.07, 6.45) is -1.22. The summed E-state index contributed by atoms with van der Waals surface area (Å²) in [7, 11) is 0. The molecule has 1 aliphatic heterocycles. The van der Waals surface area contributed by atoms with Crippen LogP contribution >= 0.6 is 0 Å². The second-order valence-electron chi connectivity index (χ2n) is 5.18. The van der Waals surface area contributed by atoms with Gasteiger partial charge in [-0.25, -0.2) is 4.68 Å². The number of alkyl halides is 3. The van der Waals surface area contributed by atoms with E-state index < -0.39 is 18.3 Å². The molecule has 0 bridgehead atoms. The lowest BCUT2D eigenvalue weighted by atomic mass is 9.97. The van der Waals surface area contributed by atoms with E-state index in [2.05, 4.69) is 15.5 Å². The summed E-state index contributed by atoms with van der Waals surface area (Å²) < 4.78 is 42.5. The van der Waals surface area contributed by atoms with Gasteiger partial charge in [0, 0.05) is 30.8 Å². The molecular weight excluding hydrogens is 283 g/mol. The summed E-state index contributed by atoms with van der Waals surface area (Å²) in [6.45, 7) is 4.45. The highest BCUT2D eigenvalue weighted by atomic mass is 19.4. The molecule has 0 aliphatic carbocycles. The van der Waals surface area contributed by atoms with E-state index in [0.29, 0.717) is 12.4 Å². The molecule has 1 aliphatic rings. The van der Waals surface area contributed by atoms with Crippen molar-refractivity contribution in [2.75, 3.05) is 5.32 Å². The Kier molecular flexibility index (Phi) is 3.18. The van der Waals surface area contributed by atoms with Crippen LogP contribution in [0.1, 0.15) is 36.7 Å². The minimum atomic E-state index is -4.32. The van der Waals surface area contributed by atoms with Crippen LogP contribution in [0.25, 0.3) is 0 Å². The number of aromatic nitrogens is 4. The smallest absolute Gasteiger partial charge is 0.363 e. The normalized spacial score (nSPS) is 22.0. The van der Waals surface area contributed by atoms with Crippen molar-refractivity contribution >= 4 is 5.82 Å². The highest BCUT2D eigenvalue weighted by molar-refractivity contribution is 5.42. The molecule has 0 radical (unpaired) electrons. The Morgan fingerprint density at radius 2 is 2.19 bits per heavy atom. The Morgan fingerprint density at radius 3 is 2.81 bits per heavy atom. The maximum atomic E-state index is 13.2. The number of nitrogens with zero attached hydrogens (tertiary/aromatic N) is 4. The summed E-state index contributed by atoms with van der Waals surface area (Å²) in [6, 6.07) is -0.468. The van der Waals surface area contributed by atoms with Crippen molar-refractivity contribution in [3.8, 4) is 0 Å². The summed E-state index contributed by atoms with van der Waals surface area (Å²) in [5.74, 6) is 0.386. The average Bonchev–Trinajstić information content (AvgIpc) is 3.01. The Hall–Kier alpha value is -1.99. The van der Waals surface area contributed by atoms with Gasteiger partial charge in [-0.2, -0.15) is 23.4 Å². The van der Waals surface area contributed by atoms with Gasteiger partial charge in [-0.1, -0.05) is 0 Å². The molecular formula is C13H16F3N5. The molecule has 21 heavy (non-hydrogen) atoms. The number of halogens is 3. The maximum absolute atomic E-state index is 13.2. The van der Waals surface area contributed by atoms with Crippen molar-refractivity contribution in [3.63, 3.8) is 0 Å². The van der Waals surface area contributed by atoms with Gasteiger partial charge in [0.05, 0.1) is 17.9 Å². The van der Waals surface area contributed by atoms with E-state index in [1.165, 1.54) is 6.20 Å². The first-order chi connectivity index (χ1) is 9.90. The minimum Gasteiger partial charge on any atom is -0.363 e. The number of hydrogen-bond acceptors (Lipinski definition) is 3. The zero-order valence-corrected chi connectivity index (χ0v) is 11.7. The second-order valence-corrected chi connectivity index (χ2v) is 5.18. The van der Waals surface area contributed by atoms with Gasteiger partial charge in [0.2, 0.25) is 0 Å². The topological polar surface area (TPSA) is 47.7 Å². The van der Waals surface area contributed by atoms with E-state index in [4.69, 9.17) is 0 Å². The second kappa shape index (κ2) is 4.78. The van der Waals surface area contributed by atoms with Crippen LogP contribution in [0.3, 0.4) is 0 Å². The summed E-state index contributed by atoms with van der Waals surface area (Å²) >= 11 is 0. The first kappa shape index (κ1) is 14.0. The molecule has 3 heterocycles. The van der Waals surface area contributed by atoms with Crippen molar-refractivity contribution in [1.29, 1.82) is 0 Å². The van der Waals surface area contributed by atoms with Gasteiger partial charge in [-0.3, -0.25) is 4.68 Å². The monoisotopic (exact) mass is 299 g/mol. The third kappa shape index (κ3) is 2.38. The lowest BCUT2D eigenvalue weighted by Gasteiger charge is -2.33. The molecule has 0 amide bonds. The largest absolute Gasteiger partial charge is 0.410 e. The predicted octanol–water partition coefficient (Wildman–Crippen LogP) is 3.07. The van der Waals surface area contributed by atoms with Crippen LogP contribution in [-0.2, 0) is 6.54 Å². The standard InChI is InChI=1S/C13H16F3N5/c1-3-20-7-9(8(2)19-20)10-6-11(13(14,15)16)21-12(18-10)4-5-17-21/h4-5,7,10-11,18H,3,6H2,1-2H3/t10-,11+/m0/s1. The highest BCUT2D eigenvalue weighted by Gasteiger charge is 2.46. The van der Waals surface area contributed by atoms with Crippen LogP contribution in [0.2, 0.25) is 0 Å². The van der Waals surface area contributed by atoms with Gasteiger partial charge >= 0.3 is 6.18 Å². The molecule has 2 aromatic heterocycles. The lowest BCUT2D eigenvalue weighted by Crippen LogP contribution is -2.35. The molecule has 0 aromatic carbocycles. The van der Waals surface area contributed by atoms with E-state index >= 15 is 0 Å². The predicted molar refractivity (Wildman–Crippen MR) is 70.9 cm³/mol. The zero-order chi connectivity index (χ0) is 15.2. The Bertz CT molecular complexity index is 643. The van der Waals surface area contributed by atoms with E-state index in [1.54, 1.807) is 10.7 Å². The van der Waals surface area contributed by atoms with Gasteiger partial charge in [-0.15, -0.1) is 0 Å². The van der Waals surface area contributed by atoms with Crippen molar-refractivity contribution in [2.45, 2.75) is 45.1 Å². The van der Waals surface area contributed by atoms with Gasteiger partial charge in [0.1, 0.15) is 5.82 Å². The maximum Gasteiger partial charge on any atom is 0.410 e. The van der Waals surface area contributed by atoms with Crippen LogP contribution in [0.15, 0.2) is 18.5 Å². The summed E-state index contributed by atoms with van der Waals surface area (Å²) in [5, 5.41) is 11.2. The number of hydrogen-bond donors (Lipinski definition) is 1. The van der Waals surface area contributed by atoms with Gasteiger partial charge < -0.3 is 5.32 Å². The Labute approximate surface area is 119 Å². The SMILES string of the molecule is CCn1cc([C@@H]2C[C@H](C(F)(F)F)n3nccc3N2)c(C)n1. The van der Waals surface area contributed by atoms with Crippen LogP contribution < -0.4 is 5.32 Å². The van der Waals surface area contributed by atoms with Crippen LogP contribution in [0.5, 0.6) is 0 Å². The molecule has 0 spiro atoms. The molecule has 5 nitrogen and oxygen atoms in total. The van der Waals surface area contributed by atoms with Crippen molar-refractivity contribution in [2.24, 2.45) is 0 Å². The molecule has 8 heteroatoms. The third-order valence-electron chi connectivity index (χ3n) is 3.81. The van der Waals surface area contributed by atoms with E-state index in [9.17, 15) is 13.2 Å². The molecule has 2 atom stereocenters. The Morgan fingerprint density at radius 1 is 1.43 bits per heavy atom. The number of aryl methyl sites for hydroxylation is 2. The first-order valence-electron chi connectivity index (χ1n) is 6.81. The average molecular weight is 299 g/mol. The molecule has 0 fully saturated rings. The number of fused-ring (bicyclic) bond motifs is 1. The van der Waals surface area contributed by atoms with Crippen molar-refractivity contribution in [1.82, 2.24) is 19.6 Å². The van der Waals surface area contributed by atoms with Crippen LogP contribution in [0.4, 0.5) is 19.0 Å². The molecule has 0 saturated carbocycles. The van der Waals surface area contributed by atoms with Crippen molar-refractivity contribution in [3.05, 3.63) is 29.7 Å². The summed E-state index contributed by atoms with van der Waals surface area (Å²) in [4.78, 5) is 0. The number of nitrogens with one attached hydrogen (secondary N) is 1. The first-order valence-corrected chi connectivity index (χ1v) is 6.81. The third-order valence-corrected chi connectivity index (χ3v) is 3.81. The highest BCUT2D eigenvalue weighted by Crippen LogP contribution is 2.43. The molecule has 0 unspecified atom stereocenters.